The minimum absolute atomic E-state index is 0.113. The van der Waals surface area contributed by atoms with Crippen molar-refractivity contribution in [3.8, 4) is 0 Å². The molecular formula is C27H31ClN2O4S2. The van der Waals surface area contributed by atoms with E-state index in [0.29, 0.717) is 22.2 Å². The van der Waals surface area contributed by atoms with Gasteiger partial charge in [-0.2, -0.15) is 0 Å². The summed E-state index contributed by atoms with van der Waals surface area (Å²) in [5.74, 6) is -0.756. The van der Waals surface area contributed by atoms with Gasteiger partial charge in [0.2, 0.25) is 0 Å². The Balaban J connectivity index is 1.25. The number of rotatable bonds is 11. The number of halogens is 1. The molecule has 0 saturated carbocycles. The van der Waals surface area contributed by atoms with E-state index >= 15 is 0 Å². The molecule has 9 heteroatoms. The third kappa shape index (κ3) is 5.47. The number of aromatic nitrogens is 1. The number of hydrogen-bond donors (Lipinski definition) is 2. The van der Waals surface area contributed by atoms with Crippen LogP contribution in [-0.2, 0) is 26.6 Å². The summed E-state index contributed by atoms with van der Waals surface area (Å²) in [7, 11) is -3.34. The molecule has 0 bridgehead atoms. The lowest BCUT2D eigenvalue weighted by atomic mass is 10.0. The van der Waals surface area contributed by atoms with Crippen molar-refractivity contribution in [3.05, 3.63) is 64.8 Å². The summed E-state index contributed by atoms with van der Waals surface area (Å²) in [6.07, 6.45) is 4.19. The third-order valence-corrected chi connectivity index (χ3v) is 10.6. The van der Waals surface area contributed by atoms with E-state index < -0.39 is 21.3 Å². The van der Waals surface area contributed by atoms with Crippen LogP contribution in [0.2, 0.25) is 5.02 Å². The number of nitrogens with zero attached hydrogens (tertiary/aromatic N) is 1. The average molecular weight is 547 g/mol. The first kappa shape index (κ1) is 26.7. The molecule has 0 amide bonds. The number of carboxylic acid groups (broad SMARTS) is 1. The molecule has 0 saturated heterocycles. The first-order valence-corrected chi connectivity index (χ1v) is 14.8. The maximum absolute atomic E-state index is 12.9. The number of carbonyl (C=O) groups is 1. The largest absolute Gasteiger partial charge is 0.480 e. The normalized spacial score (nSPS) is 12.6. The molecule has 0 aliphatic carbocycles. The average Bonchev–Trinajstić information content (AvgIpc) is 3.40. The number of sulfone groups is 1. The minimum atomic E-state index is -3.34. The predicted octanol–water partition coefficient (Wildman–Crippen LogP) is 6.02. The van der Waals surface area contributed by atoms with Crippen LogP contribution < -0.4 is 5.32 Å². The molecule has 0 radical (unpaired) electrons. The standard InChI is InChI=1S/C27H31ClN2O4S2/c1-18-22-17-21(28)8-10-24(22)35-25(18)36(33,34)15-5-13-29-12-4-6-19-7-9-23-20(16-19)11-14-30(23)27(2,3)26(31)32/h7-11,14,16-17,29H,4-6,12-13,15H2,1-3H3,(H,31,32). The van der Waals surface area contributed by atoms with Crippen LogP contribution in [-0.4, -0.2) is 42.9 Å². The van der Waals surface area contributed by atoms with E-state index in [2.05, 4.69) is 11.4 Å². The first-order chi connectivity index (χ1) is 17.0. The number of hydrogen-bond acceptors (Lipinski definition) is 5. The zero-order valence-corrected chi connectivity index (χ0v) is 23.1. The molecule has 192 valence electrons. The molecule has 2 heterocycles. The number of benzene rings is 2. The lowest BCUT2D eigenvalue weighted by Crippen LogP contribution is -2.34. The lowest BCUT2D eigenvalue weighted by molar-refractivity contribution is -0.145. The highest BCUT2D eigenvalue weighted by Gasteiger charge is 2.30. The van der Waals surface area contributed by atoms with Gasteiger partial charge in [-0.3, -0.25) is 0 Å². The number of fused-ring (bicyclic) bond motifs is 2. The summed E-state index contributed by atoms with van der Waals surface area (Å²) < 4.78 is 29.0. The van der Waals surface area contributed by atoms with Crippen molar-refractivity contribution in [3.63, 3.8) is 0 Å². The van der Waals surface area contributed by atoms with Gasteiger partial charge < -0.3 is 15.0 Å². The van der Waals surface area contributed by atoms with Gasteiger partial charge in [-0.05, 0) is 111 Å². The third-order valence-electron chi connectivity index (χ3n) is 6.60. The highest BCUT2D eigenvalue weighted by atomic mass is 35.5. The van der Waals surface area contributed by atoms with Crippen LogP contribution >= 0.6 is 22.9 Å². The second kappa shape index (κ2) is 10.5. The second-order valence-electron chi connectivity index (χ2n) is 9.62. The molecule has 0 unspecified atom stereocenters. The SMILES string of the molecule is Cc1c(S(=O)(=O)CCCNCCCc2ccc3c(ccn3C(C)(C)C(=O)O)c2)sc2ccc(Cl)cc12. The molecule has 2 aromatic heterocycles. The van der Waals surface area contributed by atoms with Crippen LogP contribution in [0.15, 0.2) is 52.9 Å². The maximum atomic E-state index is 12.9. The Morgan fingerprint density at radius 2 is 1.86 bits per heavy atom. The Morgan fingerprint density at radius 1 is 1.11 bits per heavy atom. The van der Waals surface area contributed by atoms with E-state index in [4.69, 9.17) is 11.6 Å². The van der Waals surface area contributed by atoms with E-state index in [1.54, 1.807) is 24.5 Å². The van der Waals surface area contributed by atoms with Crippen LogP contribution in [0.1, 0.15) is 37.8 Å². The molecule has 0 aliphatic rings. The van der Waals surface area contributed by atoms with Crippen LogP contribution in [0, 0.1) is 6.92 Å². The highest BCUT2D eigenvalue weighted by Crippen LogP contribution is 2.36. The Kier molecular flexibility index (Phi) is 7.80. The van der Waals surface area contributed by atoms with Gasteiger partial charge >= 0.3 is 5.97 Å². The number of nitrogens with one attached hydrogen (secondary N) is 1. The molecule has 4 rings (SSSR count). The molecule has 0 atom stereocenters. The fourth-order valence-electron chi connectivity index (χ4n) is 4.43. The Morgan fingerprint density at radius 3 is 2.61 bits per heavy atom. The molecule has 2 N–H and O–H groups in total. The van der Waals surface area contributed by atoms with Crippen LogP contribution in [0.5, 0.6) is 0 Å². The topological polar surface area (TPSA) is 88.4 Å². The Bertz CT molecular complexity index is 1520. The maximum Gasteiger partial charge on any atom is 0.329 e. The van der Waals surface area contributed by atoms with E-state index in [1.807, 2.05) is 43.5 Å². The molecule has 0 spiro atoms. The number of aliphatic carboxylic acids is 1. The fraction of sp³-hybridized carbons (Fsp3) is 0.370. The summed E-state index contributed by atoms with van der Waals surface area (Å²) in [4.78, 5) is 11.6. The molecule has 36 heavy (non-hydrogen) atoms. The predicted molar refractivity (Wildman–Crippen MR) is 148 cm³/mol. The summed E-state index contributed by atoms with van der Waals surface area (Å²) in [5, 5.41) is 15.4. The van der Waals surface area contributed by atoms with Crippen molar-refractivity contribution in [2.24, 2.45) is 0 Å². The van der Waals surface area contributed by atoms with E-state index in [0.717, 1.165) is 45.9 Å². The van der Waals surface area contributed by atoms with Gasteiger partial charge in [-0.1, -0.05) is 17.7 Å². The number of thiophene rings is 1. The van der Waals surface area contributed by atoms with Crippen molar-refractivity contribution < 1.29 is 18.3 Å². The van der Waals surface area contributed by atoms with Crippen LogP contribution in [0.4, 0.5) is 0 Å². The van der Waals surface area contributed by atoms with E-state index in [-0.39, 0.29) is 5.75 Å². The summed E-state index contributed by atoms with van der Waals surface area (Å²) in [6.45, 7) is 6.67. The van der Waals surface area contributed by atoms with Crippen LogP contribution in [0.25, 0.3) is 21.0 Å². The van der Waals surface area contributed by atoms with Crippen molar-refractivity contribution in [1.82, 2.24) is 9.88 Å². The first-order valence-electron chi connectivity index (χ1n) is 12.0. The highest BCUT2D eigenvalue weighted by molar-refractivity contribution is 7.93. The Labute approximate surface area is 220 Å². The monoisotopic (exact) mass is 546 g/mol. The zero-order valence-electron chi connectivity index (χ0n) is 20.7. The van der Waals surface area contributed by atoms with Gasteiger partial charge in [0.25, 0.3) is 0 Å². The minimum Gasteiger partial charge on any atom is -0.480 e. The van der Waals surface area contributed by atoms with Gasteiger partial charge in [0.15, 0.2) is 9.84 Å². The van der Waals surface area contributed by atoms with Crippen LogP contribution in [0.3, 0.4) is 0 Å². The van der Waals surface area contributed by atoms with Crippen molar-refractivity contribution in [2.75, 3.05) is 18.8 Å². The fourth-order valence-corrected chi connectivity index (χ4v) is 7.83. The van der Waals surface area contributed by atoms with Gasteiger partial charge in [-0.25, -0.2) is 13.2 Å². The van der Waals surface area contributed by atoms with Gasteiger partial charge in [0.05, 0.1) is 5.75 Å². The number of aryl methyl sites for hydroxylation is 2. The lowest BCUT2D eigenvalue weighted by Gasteiger charge is -2.23. The molecule has 4 aromatic rings. The van der Waals surface area contributed by atoms with Crippen molar-refractivity contribution >= 4 is 59.7 Å². The van der Waals surface area contributed by atoms with Crippen molar-refractivity contribution in [1.29, 1.82) is 0 Å². The smallest absolute Gasteiger partial charge is 0.329 e. The Hall–Kier alpha value is -2.39. The van der Waals surface area contributed by atoms with Gasteiger partial charge in [0, 0.05) is 21.4 Å². The summed E-state index contributed by atoms with van der Waals surface area (Å²) >= 11 is 7.39. The van der Waals surface area contributed by atoms with Gasteiger partial charge in [-0.15, -0.1) is 11.3 Å². The second-order valence-corrected chi connectivity index (χ2v) is 13.4. The number of carboxylic acids is 1. The molecule has 0 aliphatic heterocycles. The zero-order chi connectivity index (χ0) is 26.1. The summed E-state index contributed by atoms with van der Waals surface area (Å²) in [5.41, 5.74) is 1.87. The molecule has 2 aromatic carbocycles. The van der Waals surface area contributed by atoms with E-state index in [9.17, 15) is 18.3 Å². The van der Waals surface area contributed by atoms with Gasteiger partial charge in [0.1, 0.15) is 9.75 Å². The van der Waals surface area contributed by atoms with Crippen molar-refractivity contribution in [2.45, 2.75) is 49.8 Å². The molecular weight excluding hydrogens is 516 g/mol. The molecule has 6 nitrogen and oxygen atoms in total. The molecule has 0 fully saturated rings. The quantitative estimate of drug-likeness (QED) is 0.224. The van der Waals surface area contributed by atoms with E-state index in [1.165, 1.54) is 16.9 Å². The summed E-state index contributed by atoms with van der Waals surface area (Å²) in [6, 6.07) is 13.6.